The van der Waals surface area contributed by atoms with Crippen LogP contribution in [-0.4, -0.2) is 22.9 Å². The lowest BCUT2D eigenvalue weighted by atomic mass is 9.99. The minimum Gasteiger partial charge on any atom is -0.399 e. The summed E-state index contributed by atoms with van der Waals surface area (Å²) in [5.74, 6) is 0. The van der Waals surface area contributed by atoms with E-state index in [9.17, 15) is 10.2 Å². The lowest BCUT2D eigenvalue weighted by Crippen LogP contribution is -2.27. The van der Waals surface area contributed by atoms with Crippen LogP contribution in [-0.2, 0) is 0 Å². The Bertz CT molecular complexity index is 315. The molecular formula is C10H16N2O2. The van der Waals surface area contributed by atoms with E-state index in [0.29, 0.717) is 11.3 Å². The van der Waals surface area contributed by atoms with Gasteiger partial charge in [0.1, 0.15) is 6.10 Å². The fraction of sp³-hybridized carbons (Fsp3) is 0.400. The predicted octanol–water partition coefficient (Wildman–Crippen LogP) is -0.0698. The summed E-state index contributed by atoms with van der Waals surface area (Å²) in [6.07, 6.45) is -1.88. The number of hydrogen-bond acceptors (Lipinski definition) is 4. The summed E-state index contributed by atoms with van der Waals surface area (Å²) in [5, 5.41) is 19.1. The number of rotatable bonds is 3. The van der Waals surface area contributed by atoms with Crippen LogP contribution in [0.1, 0.15) is 17.2 Å². The van der Waals surface area contributed by atoms with Crippen molar-refractivity contribution in [3.8, 4) is 0 Å². The van der Waals surface area contributed by atoms with E-state index >= 15 is 0 Å². The van der Waals surface area contributed by atoms with E-state index in [1.807, 2.05) is 6.92 Å². The number of hydrogen-bond donors (Lipinski definition) is 4. The highest BCUT2D eigenvalue weighted by Crippen LogP contribution is 2.22. The Balaban J connectivity index is 2.95. The van der Waals surface area contributed by atoms with Crippen LogP contribution in [0, 0.1) is 6.92 Å². The first-order valence-corrected chi connectivity index (χ1v) is 4.48. The molecule has 0 amide bonds. The van der Waals surface area contributed by atoms with E-state index in [2.05, 4.69) is 0 Å². The fourth-order valence-electron chi connectivity index (χ4n) is 1.37. The van der Waals surface area contributed by atoms with Gasteiger partial charge < -0.3 is 21.7 Å². The van der Waals surface area contributed by atoms with Gasteiger partial charge in [0.15, 0.2) is 0 Å². The third kappa shape index (κ3) is 2.23. The summed E-state index contributed by atoms with van der Waals surface area (Å²) in [7, 11) is 0. The van der Waals surface area contributed by atoms with E-state index in [4.69, 9.17) is 11.5 Å². The van der Waals surface area contributed by atoms with Crippen LogP contribution in [0.3, 0.4) is 0 Å². The van der Waals surface area contributed by atoms with Crippen molar-refractivity contribution >= 4 is 5.69 Å². The number of aryl methyl sites for hydroxylation is 1. The second-order valence-corrected chi connectivity index (χ2v) is 3.36. The molecule has 2 atom stereocenters. The van der Waals surface area contributed by atoms with Crippen molar-refractivity contribution in [2.45, 2.75) is 19.1 Å². The first-order valence-electron chi connectivity index (χ1n) is 4.48. The number of anilines is 1. The third-order valence-electron chi connectivity index (χ3n) is 2.22. The molecule has 4 nitrogen and oxygen atoms in total. The fourth-order valence-corrected chi connectivity index (χ4v) is 1.37. The van der Waals surface area contributed by atoms with Gasteiger partial charge >= 0.3 is 0 Å². The molecule has 1 aromatic rings. The van der Waals surface area contributed by atoms with Gasteiger partial charge in [0.2, 0.25) is 0 Å². The SMILES string of the molecule is Cc1cc(N)ccc1C(O)C(O)CN. The highest BCUT2D eigenvalue weighted by Gasteiger charge is 2.18. The monoisotopic (exact) mass is 196 g/mol. The van der Waals surface area contributed by atoms with E-state index < -0.39 is 12.2 Å². The maximum absolute atomic E-state index is 9.69. The van der Waals surface area contributed by atoms with Crippen LogP contribution < -0.4 is 11.5 Å². The van der Waals surface area contributed by atoms with Gasteiger partial charge in [-0.05, 0) is 30.2 Å². The predicted molar refractivity (Wildman–Crippen MR) is 55.6 cm³/mol. The molecule has 1 aromatic carbocycles. The summed E-state index contributed by atoms with van der Waals surface area (Å²) in [6.45, 7) is 1.86. The Morgan fingerprint density at radius 3 is 2.50 bits per heavy atom. The van der Waals surface area contributed by atoms with Crippen molar-refractivity contribution in [3.63, 3.8) is 0 Å². The van der Waals surface area contributed by atoms with Gasteiger partial charge in [-0.1, -0.05) is 6.07 Å². The number of aliphatic hydroxyl groups is 2. The molecule has 0 saturated carbocycles. The van der Waals surface area contributed by atoms with Crippen LogP contribution in [0.2, 0.25) is 0 Å². The highest BCUT2D eigenvalue weighted by atomic mass is 16.3. The number of aliphatic hydroxyl groups excluding tert-OH is 2. The molecule has 0 heterocycles. The van der Waals surface area contributed by atoms with Crippen LogP contribution in [0.5, 0.6) is 0 Å². The number of nitrogens with two attached hydrogens (primary N) is 2. The van der Waals surface area contributed by atoms with Gasteiger partial charge in [-0.25, -0.2) is 0 Å². The molecule has 1 rings (SSSR count). The summed E-state index contributed by atoms with van der Waals surface area (Å²) in [4.78, 5) is 0. The Morgan fingerprint density at radius 1 is 1.36 bits per heavy atom. The molecule has 2 unspecified atom stereocenters. The Labute approximate surface area is 83.2 Å². The maximum atomic E-state index is 9.69. The van der Waals surface area contributed by atoms with Crippen molar-refractivity contribution in [3.05, 3.63) is 29.3 Å². The number of nitrogen functional groups attached to an aromatic ring is 1. The van der Waals surface area contributed by atoms with Crippen LogP contribution in [0.15, 0.2) is 18.2 Å². The minimum absolute atomic E-state index is 0.0327. The average Bonchev–Trinajstić information content (AvgIpc) is 2.15. The van der Waals surface area contributed by atoms with Crippen molar-refractivity contribution < 1.29 is 10.2 Å². The molecule has 0 bridgehead atoms. The van der Waals surface area contributed by atoms with Gasteiger partial charge in [0.25, 0.3) is 0 Å². The molecular weight excluding hydrogens is 180 g/mol. The molecule has 0 aliphatic carbocycles. The van der Waals surface area contributed by atoms with Crippen molar-refractivity contribution in [2.24, 2.45) is 5.73 Å². The molecule has 78 valence electrons. The summed E-state index contributed by atoms with van der Waals surface area (Å²) in [6, 6.07) is 5.14. The molecule has 4 heteroatoms. The van der Waals surface area contributed by atoms with Gasteiger partial charge in [0.05, 0.1) is 6.10 Å². The zero-order valence-corrected chi connectivity index (χ0v) is 8.14. The molecule has 14 heavy (non-hydrogen) atoms. The Hall–Kier alpha value is -1.10. The Morgan fingerprint density at radius 2 is 2.00 bits per heavy atom. The van der Waals surface area contributed by atoms with Gasteiger partial charge in [0, 0.05) is 12.2 Å². The maximum Gasteiger partial charge on any atom is 0.106 e. The molecule has 0 aromatic heterocycles. The van der Waals surface area contributed by atoms with E-state index in [1.165, 1.54) is 0 Å². The van der Waals surface area contributed by atoms with E-state index in [0.717, 1.165) is 5.56 Å². The normalized spacial score (nSPS) is 15.1. The molecule has 0 fully saturated rings. The molecule has 0 saturated heterocycles. The lowest BCUT2D eigenvalue weighted by molar-refractivity contribution is 0.0240. The largest absolute Gasteiger partial charge is 0.399 e. The van der Waals surface area contributed by atoms with E-state index in [-0.39, 0.29) is 6.54 Å². The second-order valence-electron chi connectivity index (χ2n) is 3.36. The first-order chi connectivity index (χ1) is 6.56. The highest BCUT2D eigenvalue weighted by molar-refractivity contribution is 5.45. The molecule has 0 aliphatic heterocycles. The smallest absolute Gasteiger partial charge is 0.106 e. The first kappa shape index (κ1) is 11.0. The summed E-state index contributed by atoms with van der Waals surface area (Å²) >= 11 is 0. The van der Waals surface area contributed by atoms with Crippen LogP contribution in [0.25, 0.3) is 0 Å². The molecule has 0 spiro atoms. The minimum atomic E-state index is -0.944. The van der Waals surface area contributed by atoms with Crippen LogP contribution in [0.4, 0.5) is 5.69 Å². The topological polar surface area (TPSA) is 92.5 Å². The Kier molecular flexibility index (Phi) is 3.46. The zero-order valence-electron chi connectivity index (χ0n) is 8.14. The van der Waals surface area contributed by atoms with Crippen molar-refractivity contribution in [2.75, 3.05) is 12.3 Å². The molecule has 0 aliphatic rings. The summed E-state index contributed by atoms with van der Waals surface area (Å²) in [5.41, 5.74) is 13.0. The van der Waals surface area contributed by atoms with Crippen molar-refractivity contribution in [1.82, 2.24) is 0 Å². The van der Waals surface area contributed by atoms with Gasteiger partial charge in [-0.2, -0.15) is 0 Å². The van der Waals surface area contributed by atoms with Crippen molar-refractivity contribution in [1.29, 1.82) is 0 Å². The van der Waals surface area contributed by atoms with Gasteiger partial charge in [-0.3, -0.25) is 0 Å². The lowest BCUT2D eigenvalue weighted by Gasteiger charge is -2.18. The molecule has 0 radical (unpaired) electrons. The second kappa shape index (κ2) is 4.41. The third-order valence-corrected chi connectivity index (χ3v) is 2.22. The van der Waals surface area contributed by atoms with Gasteiger partial charge in [-0.15, -0.1) is 0 Å². The standard InChI is InChI=1S/C10H16N2O2/c1-6-4-7(12)2-3-8(6)10(14)9(13)5-11/h2-4,9-10,13-14H,5,11-12H2,1H3. The summed E-state index contributed by atoms with van der Waals surface area (Å²) < 4.78 is 0. The quantitative estimate of drug-likeness (QED) is 0.509. The van der Waals surface area contributed by atoms with E-state index in [1.54, 1.807) is 18.2 Å². The molecule has 6 N–H and O–H groups in total. The zero-order chi connectivity index (χ0) is 10.7. The van der Waals surface area contributed by atoms with Crippen LogP contribution >= 0.6 is 0 Å². The average molecular weight is 196 g/mol. The number of benzene rings is 1.